The van der Waals surface area contributed by atoms with Crippen LogP contribution in [0.5, 0.6) is 0 Å². The molecule has 2 aliphatic heterocycles. The molecule has 2 aliphatic rings. The summed E-state index contributed by atoms with van der Waals surface area (Å²) < 4.78 is 0.443. The van der Waals surface area contributed by atoms with E-state index in [1.54, 1.807) is 48.5 Å². The van der Waals surface area contributed by atoms with Crippen molar-refractivity contribution in [3.63, 3.8) is 0 Å². The summed E-state index contributed by atoms with van der Waals surface area (Å²) in [5.41, 5.74) is 2.10. The lowest BCUT2D eigenvalue weighted by Crippen LogP contribution is -2.35. The van der Waals surface area contributed by atoms with Crippen molar-refractivity contribution in [2.24, 2.45) is 0 Å². The van der Waals surface area contributed by atoms with Gasteiger partial charge >= 0.3 is 0 Å². The minimum Gasteiger partial charge on any atom is -0.325 e. The Morgan fingerprint density at radius 2 is 1.77 bits per heavy atom. The van der Waals surface area contributed by atoms with Crippen LogP contribution in [0.3, 0.4) is 0 Å². The maximum absolute atomic E-state index is 13.3. The highest BCUT2D eigenvalue weighted by molar-refractivity contribution is 8.26. The predicted molar refractivity (Wildman–Crippen MR) is 128 cm³/mol. The summed E-state index contributed by atoms with van der Waals surface area (Å²) in [5, 5.41) is 3.32. The van der Waals surface area contributed by atoms with Crippen LogP contribution in [0.1, 0.15) is 18.9 Å². The van der Waals surface area contributed by atoms with Gasteiger partial charge in [-0.25, -0.2) is 0 Å². The molecular formula is C22H18ClN3O3S2. The third-order valence-corrected chi connectivity index (χ3v) is 6.58. The van der Waals surface area contributed by atoms with Gasteiger partial charge in [0.05, 0.1) is 16.2 Å². The third kappa shape index (κ3) is 4.11. The van der Waals surface area contributed by atoms with Crippen molar-refractivity contribution in [3.05, 3.63) is 64.0 Å². The lowest BCUT2D eigenvalue weighted by atomic mass is 10.1. The largest absolute Gasteiger partial charge is 0.325 e. The van der Waals surface area contributed by atoms with E-state index in [1.165, 1.54) is 9.80 Å². The van der Waals surface area contributed by atoms with Crippen LogP contribution in [-0.2, 0) is 14.4 Å². The minimum absolute atomic E-state index is 0.183. The summed E-state index contributed by atoms with van der Waals surface area (Å²) in [6.45, 7) is 2.28. The van der Waals surface area contributed by atoms with Crippen molar-refractivity contribution in [1.82, 2.24) is 4.90 Å². The first-order chi connectivity index (χ1) is 14.9. The Bertz CT molecular complexity index is 1130. The molecule has 3 amide bonds. The number of nitrogens with one attached hydrogen (secondary N) is 1. The monoisotopic (exact) mass is 471 g/mol. The van der Waals surface area contributed by atoms with Crippen molar-refractivity contribution >= 4 is 74.6 Å². The Morgan fingerprint density at radius 3 is 2.48 bits per heavy atom. The Balaban J connectivity index is 1.64. The number of nitrogens with zero attached hydrogens (tertiary/aromatic N) is 2. The maximum Gasteiger partial charge on any atom is 0.267 e. The van der Waals surface area contributed by atoms with E-state index in [4.69, 9.17) is 23.8 Å². The number of carbonyl (C=O) groups is 3. The average Bonchev–Trinajstić information content (AvgIpc) is 3.18. The maximum atomic E-state index is 13.3. The van der Waals surface area contributed by atoms with Crippen LogP contribution in [0.15, 0.2) is 53.4 Å². The fourth-order valence-corrected chi connectivity index (χ4v) is 5.01. The van der Waals surface area contributed by atoms with Gasteiger partial charge in [0.1, 0.15) is 10.9 Å². The van der Waals surface area contributed by atoms with Crippen molar-refractivity contribution < 1.29 is 14.4 Å². The molecule has 0 bridgehead atoms. The normalized spacial score (nSPS) is 18.1. The molecule has 0 atom stereocenters. The summed E-state index contributed by atoms with van der Waals surface area (Å²) in [5.74, 6) is -1.00. The van der Waals surface area contributed by atoms with Crippen molar-refractivity contribution in [2.75, 3.05) is 23.3 Å². The number of carbonyl (C=O) groups excluding carboxylic acids is 3. The predicted octanol–water partition coefficient (Wildman–Crippen LogP) is 4.31. The molecule has 158 valence electrons. The first kappa shape index (κ1) is 21.5. The van der Waals surface area contributed by atoms with E-state index in [-0.39, 0.29) is 24.3 Å². The Hall–Kier alpha value is -2.68. The highest BCUT2D eigenvalue weighted by Gasteiger charge is 2.42. The van der Waals surface area contributed by atoms with Gasteiger partial charge < -0.3 is 5.32 Å². The van der Waals surface area contributed by atoms with Crippen LogP contribution in [0.4, 0.5) is 11.4 Å². The average molecular weight is 472 g/mol. The number of benzene rings is 2. The van der Waals surface area contributed by atoms with Crippen molar-refractivity contribution in [1.29, 1.82) is 0 Å². The smallest absolute Gasteiger partial charge is 0.267 e. The number of thioether (sulfide) groups is 1. The van der Waals surface area contributed by atoms with E-state index in [0.29, 0.717) is 43.3 Å². The molecule has 1 saturated heterocycles. The lowest BCUT2D eigenvalue weighted by molar-refractivity contribution is -0.122. The molecule has 0 spiro atoms. The lowest BCUT2D eigenvalue weighted by Gasteiger charge is -2.16. The summed E-state index contributed by atoms with van der Waals surface area (Å²) in [6.07, 6.45) is 0.760. The SMILES string of the molecule is CCCN1C(=O)/C(=C2/C(=O)N(CC(=O)Nc3ccc(Cl)cc3)c3ccccc32)SC1=S. The van der Waals surface area contributed by atoms with Crippen LogP contribution in [0.25, 0.3) is 5.57 Å². The molecule has 1 N–H and O–H groups in total. The second kappa shape index (κ2) is 8.82. The molecule has 2 heterocycles. The van der Waals surface area contributed by atoms with Gasteiger partial charge in [-0.2, -0.15) is 0 Å². The number of anilines is 2. The van der Waals surface area contributed by atoms with E-state index < -0.39 is 0 Å². The zero-order valence-electron chi connectivity index (χ0n) is 16.6. The third-order valence-electron chi connectivity index (χ3n) is 4.88. The second-order valence-electron chi connectivity index (χ2n) is 6.99. The topological polar surface area (TPSA) is 69.7 Å². The number of hydrogen-bond donors (Lipinski definition) is 1. The first-order valence-electron chi connectivity index (χ1n) is 9.65. The van der Waals surface area contributed by atoms with E-state index >= 15 is 0 Å². The van der Waals surface area contributed by atoms with Gasteiger partial charge in [-0.05, 0) is 36.8 Å². The zero-order chi connectivity index (χ0) is 22.1. The fraction of sp³-hybridized carbons (Fsp3) is 0.182. The molecule has 31 heavy (non-hydrogen) atoms. The molecule has 0 aliphatic carbocycles. The molecule has 0 saturated carbocycles. The van der Waals surface area contributed by atoms with E-state index in [1.807, 2.05) is 6.92 Å². The molecule has 1 fully saturated rings. The molecule has 4 rings (SSSR count). The standard InChI is InChI=1S/C22H18ClN3O3S2/c1-2-11-25-21(29)19(31-22(25)30)18-15-5-3-4-6-16(15)26(20(18)28)12-17(27)24-14-9-7-13(23)8-10-14/h3-10H,2,11-12H2,1H3,(H,24,27)/b19-18-. The summed E-state index contributed by atoms with van der Waals surface area (Å²) in [4.78, 5) is 42.2. The molecule has 0 radical (unpaired) electrons. The van der Waals surface area contributed by atoms with E-state index in [2.05, 4.69) is 5.32 Å². The highest BCUT2D eigenvalue weighted by Crippen LogP contribution is 2.44. The molecule has 9 heteroatoms. The number of para-hydroxylation sites is 1. The second-order valence-corrected chi connectivity index (χ2v) is 9.07. The van der Waals surface area contributed by atoms with Crippen molar-refractivity contribution in [2.45, 2.75) is 13.3 Å². The van der Waals surface area contributed by atoms with Gasteiger partial charge in [0.2, 0.25) is 5.91 Å². The Morgan fingerprint density at radius 1 is 1.06 bits per heavy atom. The number of thiocarbonyl (C=S) groups is 1. The molecule has 0 aromatic heterocycles. The summed E-state index contributed by atoms with van der Waals surface area (Å²) in [7, 11) is 0. The van der Waals surface area contributed by atoms with Gasteiger partial charge in [-0.15, -0.1) is 0 Å². The quantitative estimate of drug-likeness (QED) is 0.520. The molecule has 0 unspecified atom stereocenters. The summed E-state index contributed by atoms with van der Waals surface area (Å²) >= 11 is 12.4. The number of fused-ring (bicyclic) bond motifs is 1. The van der Waals surface area contributed by atoms with Crippen LogP contribution in [0.2, 0.25) is 5.02 Å². The molecule has 2 aromatic carbocycles. The van der Waals surface area contributed by atoms with Gasteiger partial charge in [-0.3, -0.25) is 24.2 Å². The molecule has 2 aromatic rings. The van der Waals surface area contributed by atoms with Crippen molar-refractivity contribution in [3.8, 4) is 0 Å². The summed E-state index contributed by atoms with van der Waals surface area (Å²) in [6, 6.07) is 13.9. The first-order valence-corrected chi connectivity index (χ1v) is 11.3. The van der Waals surface area contributed by atoms with E-state index in [9.17, 15) is 14.4 Å². The zero-order valence-corrected chi connectivity index (χ0v) is 18.9. The van der Waals surface area contributed by atoms with Gasteiger partial charge in [0, 0.05) is 22.8 Å². The number of halogens is 1. The van der Waals surface area contributed by atoms with Gasteiger partial charge in [0.25, 0.3) is 11.8 Å². The fourth-order valence-electron chi connectivity index (χ4n) is 3.50. The number of amides is 3. The Labute approximate surface area is 194 Å². The van der Waals surface area contributed by atoms with Crippen LogP contribution in [0, 0.1) is 0 Å². The van der Waals surface area contributed by atoms with Gasteiger partial charge in [-0.1, -0.05) is 60.7 Å². The number of rotatable bonds is 5. The molecular weight excluding hydrogens is 454 g/mol. The highest BCUT2D eigenvalue weighted by atomic mass is 35.5. The van der Waals surface area contributed by atoms with E-state index in [0.717, 1.165) is 18.2 Å². The van der Waals surface area contributed by atoms with Gasteiger partial charge in [0.15, 0.2) is 0 Å². The minimum atomic E-state index is -0.385. The van der Waals surface area contributed by atoms with Crippen LogP contribution >= 0.6 is 35.6 Å². The van der Waals surface area contributed by atoms with Crippen LogP contribution < -0.4 is 10.2 Å². The Kier molecular flexibility index (Phi) is 6.13. The van der Waals surface area contributed by atoms with Crippen LogP contribution in [-0.4, -0.2) is 40.0 Å². The number of hydrogen-bond acceptors (Lipinski definition) is 5. The molecule has 6 nitrogen and oxygen atoms in total.